The fraction of sp³-hybridized carbons (Fsp3) is 0.917. The molecule has 0 radical (unpaired) electrons. The Morgan fingerprint density at radius 1 is 1.24 bits per heavy atom. The molecular formula is C12H23BO4. The first kappa shape index (κ1) is 14.5. The topological polar surface area (TPSA) is 44.8 Å². The van der Waals surface area contributed by atoms with Gasteiger partial charge < -0.3 is 14.0 Å². The van der Waals surface area contributed by atoms with Gasteiger partial charge in [-0.1, -0.05) is 6.92 Å². The number of ether oxygens (including phenoxy) is 1. The van der Waals surface area contributed by atoms with Crippen molar-refractivity contribution in [3.05, 3.63) is 0 Å². The fourth-order valence-electron chi connectivity index (χ4n) is 1.70. The van der Waals surface area contributed by atoms with Crippen molar-refractivity contribution >= 4 is 13.1 Å². The first-order valence-corrected chi connectivity index (χ1v) is 6.21. The van der Waals surface area contributed by atoms with E-state index < -0.39 is 0 Å². The van der Waals surface area contributed by atoms with E-state index in [9.17, 15) is 4.79 Å². The summed E-state index contributed by atoms with van der Waals surface area (Å²) in [7, 11) is -0.343. The van der Waals surface area contributed by atoms with E-state index in [-0.39, 0.29) is 30.1 Å². The molecule has 0 aromatic rings. The summed E-state index contributed by atoms with van der Waals surface area (Å²) in [5.41, 5.74) is -0.693. The summed E-state index contributed by atoms with van der Waals surface area (Å²) in [6.07, 6.45) is 0.324. The SMILES string of the molecule is CCOC(=O)C[C@@H](C)B1OC(C)(C)C(C)(C)O1. The van der Waals surface area contributed by atoms with E-state index in [1.54, 1.807) is 6.92 Å². The van der Waals surface area contributed by atoms with Crippen molar-refractivity contribution in [3.8, 4) is 0 Å². The van der Waals surface area contributed by atoms with Gasteiger partial charge >= 0.3 is 13.1 Å². The average Bonchev–Trinajstić information content (AvgIpc) is 2.36. The van der Waals surface area contributed by atoms with E-state index in [4.69, 9.17) is 14.0 Å². The number of rotatable bonds is 4. The van der Waals surface area contributed by atoms with Crippen LogP contribution >= 0.6 is 0 Å². The number of carbonyl (C=O) groups excluding carboxylic acids is 1. The predicted molar refractivity (Wildman–Crippen MR) is 66.8 cm³/mol. The summed E-state index contributed by atoms with van der Waals surface area (Å²) in [4.78, 5) is 11.4. The number of carbonyl (C=O) groups is 1. The van der Waals surface area contributed by atoms with Crippen molar-refractivity contribution in [2.45, 2.75) is 65.0 Å². The van der Waals surface area contributed by atoms with Gasteiger partial charge in [0.05, 0.1) is 17.8 Å². The smallest absolute Gasteiger partial charge is 0.461 e. The highest BCUT2D eigenvalue weighted by Gasteiger charge is 2.52. The minimum absolute atomic E-state index is 0.00454. The number of esters is 1. The van der Waals surface area contributed by atoms with E-state index >= 15 is 0 Å². The van der Waals surface area contributed by atoms with Crippen LogP contribution in [0.15, 0.2) is 0 Å². The predicted octanol–water partition coefficient (Wildman–Crippen LogP) is 2.42. The molecule has 0 amide bonds. The molecule has 0 saturated carbocycles. The van der Waals surface area contributed by atoms with Crippen LogP contribution in [0.2, 0.25) is 5.82 Å². The molecule has 4 nitrogen and oxygen atoms in total. The molecule has 5 heteroatoms. The molecular weight excluding hydrogens is 219 g/mol. The Hall–Kier alpha value is -0.545. The number of hydrogen-bond acceptors (Lipinski definition) is 4. The highest BCUT2D eigenvalue weighted by atomic mass is 16.7. The lowest BCUT2D eigenvalue weighted by Gasteiger charge is -2.32. The third-order valence-corrected chi connectivity index (χ3v) is 3.53. The minimum Gasteiger partial charge on any atom is -0.466 e. The summed E-state index contributed by atoms with van der Waals surface area (Å²) in [6.45, 7) is 12.2. The quantitative estimate of drug-likeness (QED) is 0.561. The molecule has 0 aromatic carbocycles. The highest BCUT2D eigenvalue weighted by Crippen LogP contribution is 2.40. The summed E-state index contributed by atoms with van der Waals surface area (Å²) >= 11 is 0. The van der Waals surface area contributed by atoms with Crippen molar-refractivity contribution in [2.75, 3.05) is 6.61 Å². The van der Waals surface area contributed by atoms with Gasteiger partial charge in [0, 0.05) is 12.2 Å². The lowest BCUT2D eigenvalue weighted by molar-refractivity contribution is -0.143. The largest absolute Gasteiger partial charge is 0.466 e. The minimum atomic E-state index is -0.347. The normalized spacial score (nSPS) is 23.5. The third-order valence-electron chi connectivity index (χ3n) is 3.53. The Balaban J connectivity index is 2.56. The Morgan fingerprint density at radius 3 is 2.12 bits per heavy atom. The molecule has 0 unspecified atom stereocenters. The van der Waals surface area contributed by atoms with Crippen molar-refractivity contribution in [1.82, 2.24) is 0 Å². The first-order chi connectivity index (χ1) is 7.69. The maximum Gasteiger partial charge on any atom is 0.461 e. The molecule has 0 bridgehead atoms. The molecule has 1 aliphatic heterocycles. The van der Waals surface area contributed by atoms with Gasteiger partial charge in [0.2, 0.25) is 0 Å². The lowest BCUT2D eigenvalue weighted by Crippen LogP contribution is -2.41. The second kappa shape index (κ2) is 4.98. The molecule has 0 N–H and O–H groups in total. The molecule has 1 rings (SSSR count). The summed E-state index contributed by atoms with van der Waals surface area (Å²) in [6, 6.07) is 0. The van der Waals surface area contributed by atoms with Crippen LogP contribution in [0.4, 0.5) is 0 Å². The van der Waals surface area contributed by atoms with E-state index in [1.165, 1.54) is 0 Å². The number of hydrogen-bond donors (Lipinski definition) is 0. The van der Waals surface area contributed by atoms with Gasteiger partial charge in [-0.15, -0.1) is 0 Å². The van der Waals surface area contributed by atoms with Crippen LogP contribution in [0.25, 0.3) is 0 Å². The summed E-state index contributed by atoms with van der Waals surface area (Å²) < 4.78 is 16.7. The van der Waals surface area contributed by atoms with Crippen LogP contribution in [0.5, 0.6) is 0 Å². The standard InChI is InChI=1S/C12H23BO4/c1-7-15-10(14)8-9(2)13-16-11(3,4)12(5,6)17-13/h9H,7-8H2,1-6H3/t9-/m1/s1. The molecule has 1 heterocycles. The highest BCUT2D eigenvalue weighted by molar-refractivity contribution is 6.47. The zero-order chi connectivity index (χ0) is 13.3. The Bertz CT molecular complexity index is 272. The Labute approximate surface area is 104 Å². The maximum atomic E-state index is 11.4. The van der Waals surface area contributed by atoms with Crippen LogP contribution in [0, 0.1) is 0 Å². The fourth-order valence-corrected chi connectivity index (χ4v) is 1.70. The average molecular weight is 242 g/mol. The van der Waals surface area contributed by atoms with Crippen molar-refractivity contribution in [2.24, 2.45) is 0 Å². The maximum absolute atomic E-state index is 11.4. The van der Waals surface area contributed by atoms with Crippen LogP contribution in [-0.2, 0) is 18.8 Å². The van der Waals surface area contributed by atoms with Crippen molar-refractivity contribution in [1.29, 1.82) is 0 Å². The summed E-state index contributed by atoms with van der Waals surface area (Å²) in [5, 5.41) is 0. The van der Waals surface area contributed by atoms with Crippen LogP contribution in [0.3, 0.4) is 0 Å². The van der Waals surface area contributed by atoms with Crippen LogP contribution < -0.4 is 0 Å². The molecule has 98 valence electrons. The van der Waals surface area contributed by atoms with Crippen LogP contribution in [-0.4, -0.2) is 30.9 Å². The van der Waals surface area contributed by atoms with Gasteiger partial charge in [-0.05, 0) is 34.6 Å². The first-order valence-electron chi connectivity index (χ1n) is 6.21. The molecule has 1 fully saturated rings. The lowest BCUT2D eigenvalue weighted by atomic mass is 9.71. The second-order valence-electron chi connectivity index (χ2n) is 5.61. The zero-order valence-electron chi connectivity index (χ0n) is 11.7. The molecule has 0 spiro atoms. The molecule has 1 atom stereocenters. The van der Waals surface area contributed by atoms with E-state index in [2.05, 4.69) is 0 Å². The van der Waals surface area contributed by atoms with Gasteiger partial charge in [-0.3, -0.25) is 4.79 Å². The van der Waals surface area contributed by atoms with Gasteiger partial charge in [-0.2, -0.15) is 0 Å². The Kier molecular flexibility index (Phi) is 4.26. The second-order valence-corrected chi connectivity index (χ2v) is 5.61. The zero-order valence-corrected chi connectivity index (χ0v) is 11.7. The summed E-state index contributed by atoms with van der Waals surface area (Å²) in [5.74, 6) is -0.204. The van der Waals surface area contributed by atoms with E-state index in [0.717, 1.165) is 0 Å². The van der Waals surface area contributed by atoms with E-state index in [0.29, 0.717) is 13.0 Å². The van der Waals surface area contributed by atoms with Crippen molar-refractivity contribution in [3.63, 3.8) is 0 Å². The van der Waals surface area contributed by atoms with Gasteiger partial charge in [-0.25, -0.2) is 0 Å². The van der Waals surface area contributed by atoms with Crippen LogP contribution in [0.1, 0.15) is 48.0 Å². The van der Waals surface area contributed by atoms with Gasteiger partial charge in [0.15, 0.2) is 0 Å². The molecule has 17 heavy (non-hydrogen) atoms. The van der Waals surface area contributed by atoms with Gasteiger partial charge in [0.25, 0.3) is 0 Å². The third kappa shape index (κ3) is 3.22. The van der Waals surface area contributed by atoms with Crippen molar-refractivity contribution < 1.29 is 18.8 Å². The monoisotopic (exact) mass is 242 g/mol. The van der Waals surface area contributed by atoms with Gasteiger partial charge in [0.1, 0.15) is 0 Å². The molecule has 0 aliphatic carbocycles. The molecule has 1 aliphatic rings. The molecule has 1 saturated heterocycles. The van der Waals surface area contributed by atoms with E-state index in [1.807, 2.05) is 34.6 Å². The molecule has 0 aromatic heterocycles. The Morgan fingerprint density at radius 2 is 1.71 bits per heavy atom.